The van der Waals surface area contributed by atoms with Crippen LogP contribution in [0, 0.1) is 5.92 Å². The van der Waals surface area contributed by atoms with Crippen LogP contribution in [0.2, 0.25) is 0 Å². The van der Waals surface area contributed by atoms with Crippen molar-refractivity contribution < 1.29 is 4.79 Å². The summed E-state index contributed by atoms with van der Waals surface area (Å²) in [5.41, 5.74) is 5.09. The van der Waals surface area contributed by atoms with E-state index in [-0.39, 0.29) is 17.4 Å². The van der Waals surface area contributed by atoms with Crippen LogP contribution in [0.1, 0.15) is 59.8 Å². The van der Waals surface area contributed by atoms with Crippen molar-refractivity contribution >= 4 is 17.4 Å². The van der Waals surface area contributed by atoms with Crippen molar-refractivity contribution in [3.63, 3.8) is 0 Å². The van der Waals surface area contributed by atoms with Gasteiger partial charge in [-0.2, -0.15) is 0 Å². The summed E-state index contributed by atoms with van der Waals surface area (Å²) in [6.45, 7) is 8.86. The van der Waals surface area contributed by atoms with Crippen LogP contribution in [-0.2, 0) is 11.3 Å². The Balaban J connectivity index is 3.37. The molecule has 0 unspecified atom stereocenters. The molecule has 0 atom stereocenters. The quantitative estimate of drug-likeness (QED) is 0.720. The summed E-state index contributed by atoms with van der Waals surface area (Å²) in [6.07, 6.45) is 3.44. The molecule has 1 aromatic rings. The maximum absolute atomic E-state index is 12.5. The van der Waals surface area contributed by atoms with Crippen LogP contribution in [0.3, 0.4) is 0 Å². The van der Waals surface area contributed by atoms with Gasteiger partial charge >= 0.3 is 5.69 Å². The van der Waals surface area contributed by atoms with Crippen LogP contribution < -0.4 is 21.9 Å². The zero-order valence-electron chi connectivity index (χ0n) is 15.2. The highest BCUT2D eigenvalue weighted by Crippen LogP contribution is 2.20. The lowest BCUT2D eigenvalue weighted by Gasteiger charge is -2.25. The smallest absolute Gasteiger partial charge is 0.330 e. The van der Waals surface area contributed by atoms with Gasteiger partial charge in [0.15, 0.2) is 5.69 Å². The number of carbonyl (C=O) groups excluding carboxylic acids is 1. The molecule has 0 saturated carbocycles. The predicted octanol–water partition coefficient (Wildman–Crippen LogP) is 2.10. The van der Waals surface area contributed by atoms with Gasteiger partial charge in [-0.25, -0.2) is 4.79 Å². The van der Waals surface area contributed by atoms with E-state index in [9.17, 15) is 14.4 Å². The Morgan fingerprint density at radius 3 is 2.46 bits per heavy atom. The van der Waals surface area contributed by atoms with Gasteiger partial charge in [-0.3, -0.25) is 19.1 Å². The van der Waals surface area contributed by atoms with Gasteiger partial charge in [0.05, 0.1) is 0 Å². The molecular weight excluding hydrogens is 308 g/mol. The van der Waals surface area contributed by atoms with Crippen molar-refractivity contribution in [1.82, 2.24) is 9.55 Å². The second kappa shape index (κ2) is 9.30. The average molecular weight is 338 g/mol. The van der Waals surface area contributed by atoms with E-state index >= 15 is 0 Å². The van der Waals surface area contributed by atoms with Crippen molar-refractivity contribution in [2.45, 2.75) is 66.3 Å². The largest absolute Gasteiger partial charge is 0.383 e. The molecule has 0 radical (unpaired) electrons. The maximum Gasteiger partial charge on any atom is 0.330 e. The molecule has 0 fully saturated rings. The molecule has 0 spiro atoms. The standard InChI is InChI=1S/C17H30N4O3/c1-5-7-10-21-15(18)14(16(23)19-17(21)24)20(11-9-12(3)4)13(22)8-6-2/h12H,5-11,18H2,1-4H3,(H,19,23,24). The molecule has 1 aromatic heterocycles. The summed E-state index contributed by atoms with van der Waals surface area (Å²) in [7, 11) is 0. The van der Waals surface area contributed by atoms with Crippen molar-refractivity contribution in [3.8, 4) is 0 Å². The summed E-state index contributed by atoms with van der Waals surface area (Å²) in [5.74, 6) is 0.315. The van der Waals surface area contributed by atoms with Gasteiger partial charge in [-0.05, 0) is 25.2 Å². The number of anilines is 2. The van der Waals surface area contributed by atoms with Crippen molar-refractivity contribution in [2.75, 3.05) is 17.2 Å². The monoisotopic (exact) mass is 338 g/mol. The Kier molecular flexibility index (Phi) is 7.74. The summed E-state index contributed by atoms with van der Waals surface area (Å²) >= 11 is 0. The van der Waals surface area contributed by atoms with E-state index in [4.69, 9.17) is 5.73 Å². The van der Waals surface area contributed by atoms with E-state index in [0.717, 1.165) is 19.3 Å². The lowest BCUT2D eigenvalue weighted by atomic mass is 10.1. The number of carbonyl (C=O) groups is 1. The number of rotatable bonds is 9. The van der Waals surface area contributed by atoms with Crippen LogP contribution in [0.25, 0.3) is 0 Å². The van der Waals surface area contributed by atoms with Crippen LogP contribution in [0.4, 0.5) is 11.5 Å². The van der Waals surface area contributed by atoms with E-state index in [1.165, 1.54) is 9.47 Å². The van der Waals surface area contributed by atoms with Gasteiger partial charge in [0, 0.05) is 19.5 Å². The number of H-pyrrole nitrogens is 1. The number of hydrogen-bond acceptors (Lipinski definition) is 4. The Morgan fingerprint density at radius 1 is 1.25 bits per heavy atom. The number of nitrogens with zero attached hydrogens (tertiary/aromatic N) is 2. The molecule has 7 nitrogen and oxygen atoms in total. The summed E-state index contributed by atoms with van der Waals surface area (Å²) < 4.78 is 1.35. The third kappa shape index (κ3) is 4.97. The molecule has 1 heterocycles. The Bertz CT molecular complexity index is 661. The van der Waals surface area contributed by atoms with Gasteiger partial charge in [-0.15, -0.1) is 0 Å². The maximum atomic E-state index is 12.5. The molecule has 3 N–H and O–H groups in total. The van der Waals surface area contributed by atoms with E-state index in [1.807, 2.05) is 13.8 Å². The summed E-state index contributed by atoms with van der Waals surface area (Å²) in [6, 6.07) is 0. The number of hydrogen-bond donors (Lipinski definition) is 2. The number of aromatic amines is 1. The summed E-state index contributed by atoms with van der Waals surface area (Å²) in [4.78, 5) is 40.6. The number of nitrogens with one attached hydrogen (secondary N) is 1. The highest BCUT2D eigenvalue weighted by atomic mass is 16.2. The molecule has 7 heteroatoms. The van der Waals surface area contributed by atoms with Gasteiger partial charge < -0.3 is 10.6 Å². The molecule has 1 rings (SSSR count). The zero-order chi connectivity index (χ0) is 18.3. The number of amides is 1. The highest BCUT2D eigenvalue weighted by Gasteiger charge is 2.23. The lowest BCUT2D eigenvalue weighted by Crippen LogP contribution is -2.41. The fourth-order valence-electron chi connectivity index (χ4n) is 2.47. The Morgan fingerprint density at radius 2 is 1.92 bits per heavy atom. The molecule has 24 heavy (non-hydrogen) atoms. The molecule has 0 aliphatic rings. The van der Waals surface area contributed by atoms with Crippen LogP contribution in [-0.4, -0.2) is 22.0 Å². The average Bonchev–Trinajstić information content (AvgIpc) is 2.50. The zero-order valence-corrected chi connectivity index (χ0v) is 15.2. The van der Waals surface area contributed by atoms with Gasteiger partial charge in [0.2, 0.25) is 5.91 Å². The second-order valence-corrected chi connectivity index (χ2v) is 6.48. The molecule has 136 valence electrons. The topological polar surface area (TPSA) is 101 Å². The minimum Gasteiger partial charge on any atom is -0.383 e. The van der Waals surface area contributed by atoms with E-state index < -0.39 is 11.2 Å². The van der Waals surface area contributed by atoms with Gasteiger partial charge in [0.25, 0.3) is 5.56 Å². The van der Waals surface area contributed by atoms with E-state index in [1.54, 1.807) is 0 Å². The number of nitrogens with two attached hydrogens (primary N) is 1. The number of aromatic nitrogens is 2. The van der Waals surface area contributed by atoms with E-state index in [0.29, 0.717) is 31.8 Å². The minimum atomic E-state index is -0.599. The normalized spacial score (nSPS) is 11.0. The molecule has 0 aliphatic heterocycles. The lowest BCUT2D eigenvalue weighted by molar-refractivity contribution is -0.118. The van der Waals surface area contributed by atoms with Crippen molar-refractivity contribution in [3.05, 3.63) is 20.8 Å². The molecule has 0 aromatic carbocycles. The first kappa shape index (κ1) is 20.0. The number of nitrogen functional groups attached to an aromatic ring is 1. The third-order valence-corrected chi connectivity index (χ3v) is 3.91. The van der Waals surface area contributed by atoms with Crippen LogP contribution >= 0.6 is 0 Å². The minimum absolute atomic E-state index is 0.0745. The third-order valence-electron chi connectivity index (χ3n) is 3.91. The summed E-state index contributed by atoms with van der Waals surface area (Å²) in [5, 5.41) is 0. The first-order chi connectivity index (χ1) is 11.3. The first-order valence-corrected chi connectivity index (χ1v) is 8.76. The van der Waals surface area contributed by atoms with Crippen LogP contribution in [0.15, 0.2) is 9.59 Å². The number of unbranched alkanes of at least 4 members (excludes halogenated alkanes) is 1. The van der Waals surface area contributed by atoms with Gasteiger partial charge in [0.1, 0.15) is 5.82 Å². The van der Waals surface area contributed by atoms with Crippen molar-refractivity contribution in [2.24, 2.45) is 5.92 Å². The van der Waals surface area contributed by atoms with Crippen molar-refractivity contribution in [1.29, 1.82) is 0 Å². The first-order valence-electron chi connectivity index (χ1n) is 8.76. The fraction of sp³-hybridized carbons (Fsp3) is 0.706. The Labute approximate surface area is 142 Å². The molecule has 0 saturated heterocycles. The SMILES string of the molecule is CCCCn1c(N)c(N(CCC(C)C)C(=O)CCC)c(=O)[nH]c1=O. The predicted molar refractivity (Wildman–Crippen MR) is 97.4 cm³/mol. The molecule has 0 bridgehead atoms. The molecule has 0 aliphatic carbocycles. The second-order valence-electron chi connectivity index (χ2n) is 6.48. The Hall–Kier alpha value is -2.05. The van der Waals surface area contributed by atoms with Gasteiger partial charge in [-0.1, -0.05) is 34.1 Å². The van der Waals surface area contributed by atoms with Crippen LogP contribution in [0.5, 0.6) is 0 Å². The molecule has 1 amide bonds. The highest BCUT2D eigenvalue weighted by molar-refractivity contribution is 5.95. The molecular formula is C17H30N4O3. The van der Waals surface area contributed by atoms with E-state index in [2.05, 4.69) is 18.8 Å². The fourth-order valence-corrected chi connectivity index (χ4v) is 2.47.